The highest BCUT2D eigenvalue weighted by Crippen LogP contribution is 2.30. The Morgan fingerprint density at radius 1 is 1.33 bits per heavy atom. The number of carbonyl (C=O) groups is 2. The molecule has 0 spiro atoms. The van der Waals surface area contributed by atoms with Gasteiger partial charge in [0.25, 0.3) is 0 Å². The second-order valence-corrected chi connectivity index (χ2v) is 6.74. The van der Waals surface area contributed by atoms with Gasteiger partial charge in [0.05, 0.1) is 16.3 Å². The van der Waals surface area contributed by atoms with Gasteiger partial charge in [-0.25, -0.2) is 4.79 Å². The third-order valence-corrected chi connectivity index (χ3v) is 4.77. The molecule has 0 bridgehead atoms. The molecule has 0 unspecified atom stereocenters. The van der Waals surface area contributed by atoms with Crippen molar-refractivity contribution in [2.45, 2.75) is 19.4 Å². The first-order chi connectivity index (χ1) is 10.0. The maximum absolute atomic E-state index is 11.8. The standard InChI is InChI=1S/C13H17ClN2O4S/c14-10-2-1-9(21-10)7-15-12(19)16-8-13(11(17)18)3-5-20-6-4-13/h1-2H,3-8H2,(H,17,18)(H2,15,16,19). The lowest BCUT2D eigenvalue weighted by Crippen LogP contribution is -2.48. The summed E-state index contributed by atoms with van der Waals surface area (Å²) in [6.07, 6.45) is 0.812. The molecule has 1 saturated heterocycles. The van der Waals surface area contributed by atoms with E-state index in [2.05, 4.69) is 10.6 Å². The van der Waals surface area contributed by atoms with Gasteiger partial charge in [0.2, 0.25) is 0 Å². The van der Waals surface area contributed by atoms with Crippen LogP contribution in [0.4, 0.5) is 4.79 Å². The van der Waals surface area contributed by atoms with Crippen LogP contribution in [-0.2, 0) is 16.1 Å². The van der Waals surface area contributed by atoms with Gasteiger partial charge >= 0.3 is 12.0 Å². The topological polar surface area (TPSA) is 87.7 Å². The van der Waals surface area contributed by atoms with Crippen LogP contribution in [-0.4, -0.2) is 36.9 Å². The summed E-state index contributed by atoms with van der Waals surface area (Å²) in [5, 5.41) is 14.7. The molecular formula is C13H17ClN2O4S. The summed E-state index contributed by atoms with van der Waals surface area (Å²) in [6, 6.07) is 3.22. The molecule has 0 aliphatic carbocycles. The Morgan fingerprint density at radius 3 is 2.62 bits per heavy atom. The van der Waals surface area contributed by atoms with Gasteiger partial charge in [-0.3, -0.25) is 4.79 Å². The SMILES string of the molecule is O=C(NCc1ccc(Cl)s1)NCC1(C(=O)O)CCOCC1. The van der Waals surface area contributed by atoms with Crippen LogP contribution in [0.5, 0.6) is 0 Å². The fraction of sp³-hybridized carbons (Fsp3) is 0.538. The molecule has 3 N–H and O–H groups in total. The summed E-state index contributed by atoms with van der Waals surface area (Å²) in [6.45, 7) is 1.28. The number of rotatable bonds is 5. The number of halogens is 1. The lowest BCUT2D eigenvalue weighted by atomic mass is 9.80. The van der Waals surface area contributed by atoms with E-state index in [-0.39, 0.29) is 12.6 Å². The van der Waals surface area contributed by atoms with Crippen molar-refractivity contribution in [3.8, 4) is 0 Å². The Bertz CT molecular complexity index is 514. The van der Waals surface area contributed by atoms with Crippen LogP contribution in [0.1, 0.15) is 17.7 Å². The van der Waals surface area contributed by atoms with E-state index in [0.29, 0.717) is 36.9 Å². The highest BCUT2D eigenvalue weighted by Gasteiger charge is 2.40. The van der Waals surface area contributed by atoms with Crippen LogP contribution in [0.25, 0.3) is 0 Å². The van der Waals surface area contributed by atoms with E-state index in [1.165, 1.54) is 11.3 Å². The van der Waals surface area contributed by atoms with Gasteiger partial charge in [0.1, 0.15) is 0 Å². The molecule has 1 aromatic rings. The molecule has 8 heteroatoms. The molecular weight excluding hydrogens is 316 g/mol. The van der Waals surface area contributed by atoms with Crippen molar-refractivity contribution >= 4 is 34.9 Å². The smallest absolute Gasteiger partial charge is 0.315 e. The van der Waals surface area contributed by atoms with Crippen LogP contribution < -0.4 is 10.6 Å². The van der Waals surface area contributed by atoms with E-state index < -0.39 is 11.4 Å². The Hall–Kier alpha value is -1.31. The Morgan fingerprint density at radius 2 is 2.05 bits per heavy atom. The van der Waals surface area contributed by atoms with Gasteiger partial charge in [-0.2, -0.15) is 0 Å². The summed E-state index contributed by atoms with van der Waals surface area (Å²) in [7, 11) is 0. The maximum atomic E-state index is 11.8. The largest absolute Gasteiger partial charge is 0.481 e. The predicted molar refractivity (Wildman–Crippen MR) is 79.7 cm³/mol. The van der Waals surface area contributed by atoms with E-state index in [0.717, 1.165) is 4.88 Å². The Labute approximate surface area is 131 Å². The Kier molecular flexibility index (Phi) is 5.44. The molecule has 0 saturated carbocycles. The summed E-state index contributed by atoms with van der Waals surface area (Å²) in [5.74, 6) is -0.892. The lowest BCUT2D eigenvalue weighted by molar-refractivity contribution is -0.154. The van der Waals surface area contributed by atoms with E-state index in [4.69, 9.17) is 16.3 Å². The van der Waals surface area contributed by atoms with E-state index in [1.807, 2.05) is 6.07 Å². The zero-order valence-electron chi connectivity index (χ0n) is 11.4. The number of aliphatic carboxylic acids is 1. The maximum Gasteiger partial charge on any atom is 0.315 e. The average molecular weight is 333 g/mol. The zero-order chi connectivity index (χ0) is 15.3. The Balaban J connectivity index is 1.80. The third kappa shape index (κ3) is 4.33. The number of nitrogens with one attached hydrogen (secondary N) is 2. The fourth-order valence-corrected chi connectivity index (χ4v) is 3.18. The molecule has 6 nitrogen and oxygen atoms in total. The molecule has 21 heavy (non-hydrogen) atoms. The van der Waals surface area contributed by atoms with Crippen LogP contribution in [0, 0.1) is 5.41 Å². The van der Waals surface area contributed by atoms with Crippen LogP contribution in [0.15, 0.2) is 12.1 Å². The first-order valence-corrected chi connectivity index (χ1v) is 7.78. The molecule has 116 valence electrons. The van der Waals surface area contributed by atoms with Gasteiger partial charge in [-0.1, -0.05) is 11.6 Å². The second kappa shape index (κ2) is 7.11. The molecule has 2 amide bonds. The predicted octanol–water partition coefficient (Wildman–Crippen LogP) is 2.08. The van der Waals surface area contributed by atoms with Crippen molar-refractivity contribution in [3.63, 3.8) is 0 Å². The molecule has 1 aliphatic rings. The number of urea groups is 1. The van der Waals surface area contributed by atoms with Gasteiger partial charge in [-0.15, -0.1) is 11.3 Å². The first kappa shape index (κ1) is 16.1. The quantitative estimate of drug-likeness (QED) is 0.770. The second-order valence-electron chi connectivity index (χ2n) is 4.94. The summed E-state index contributed by atoms with van der Waals surface area (Å²) in [5.41, 5.74) is -0.929. The van der Waals surface area contributed by atoms with Gasteiger partial charge in [0, 0.05) is 24.6 Å². The average Bonchev–Trinajstić information content (AvgIpc) is 2.89. The van der Waals surface area contributed by atoms with E-state index in [1.54, 1.807) is 6.07 Å². The molecule has 2 rings (SSSR count). The summed E-state index contributed by atoms with van der Waals surface area (Å²) in [4.78, 5) is 24.1. The summed E-state index contributed by atoms with van der Waals surface area (Å²) < 4.78 is 5.85. The minimum absolute atomic E-state index is 0.0999. The highest BCUT2D eigenvalue weighted by molar-refractivity contribution is 7.16. The minimum atomic E-state index is -0.929. The van der Waals surface area contributed by atoms with Gasteiger partial charge in [-0.05, 0) is 25.0 Å². The molecule has 1 aliphatic heterocycles. The number of carbonyl (C=O) groups excluding carboxylic acids is 1. The molecule has 0 radical (unpaired) electrons. The molecule has 1 aromatic heterocycles. The molecule has 2 heterocycles. The van der Waals surface area contributed by atoms with E-state index >= 15 is 0 Å². The van der Waals surface area contributed by atoms with Crippen molar-refractivity contribution < 1.29 is 19.4 Å². The van der Waals surface area contributed by atoms with Crippen molar-refractivity contribution in [3.05, 3.63) is 21.3 Å². The van der Waals surface area contributed by atoms with Crippen LogP contribution in [0.2, 0.25) is 4.34 Å². The van der Waals surface area contributed by atoms with Crippen molar-refractivity contribution in [2.75, 3.05) is 19.8 Å². The van der Waals surface area contributed by atoms with Gasteiger partial charge < -0.3 is 20.5 Å². The number of thiophene rings is 1. The normalized spacial score (nSPS) is 17.2. The molecule has 0 atom stereocenters. The van der Waals surface area contributed by atoms with Crippen LogP contribution in [0.3, 0.4) is 0 Å². The number of amides is 2. The number of hydrogen-bond acceptors (Lipinski definition) is 4. The summed E-state index contributed by atoms with van der Waals surface area (Å²) >= 11 is 7.20. The highest BCUT2D eigenvalue weighted by atomic mass is 35.5. The number of carboxylic acids is 1. The van der Waals surface area contributed by atoms with E-state index in [9.17, 15) is 14.7 Å². The van der Waals surface area contributed by atoms with Crippen molar-refractivity contribution in [1.82, 2.24) is 10.6 Å². The van der Waals surface area contributed by atoms with Gasteiger partial charge in [0.15, 0.2) is 0 Å². The monoisotopic (exact) mass is 332 g/mol. The molecule has 0 aromatic carbocycles. The lowest BCUT2D eigenvalue weighted by Gasteiger charge is -2.33. The number of ether oxygens (including phenoxy) is 1. The zero-order valence-corrected chi connectivity index (χ0v) is 12.9. The third-order valence-electron chi connectivity index (χ3n) is 3.54. The number of hydrogen-bond donors (Lipinski definition) is 3. The van der Waals surface area contributed by atoms with Crippen LogP contribution >= 0.6 is 22.9 Å². The number of carboxylic acid groups (broad SMARTS) is 1. The fourth-order valence-electron chi connectivity index (χ4n) is 2.15. The molecule has 1 fully saturated rings. The first-order valence-electron chi connectivity index (χ1n) is 6.59. The van der Waals surface area contributed by atoms with Crippen molar-refractivity contribution in [2.24, 2.45) is 5.41 Å². The minimum Gasteiger partial charge on any atom is -0.481 e. The van der Waals surface area contributed by atoms with Crippen molar-refractivity contribution in [1.29, 1.82) is 0 Å².